The lowest BCUT2D eigenvalue weighted by Gasteiger charge is -2.01. The van der Waals surface area contributed by atoms with Crippen LogP contribution in [0.2, 0.25) is 0 Å². The molecule has 0 amide bonds. The van der Waals surface area contributed by atoms with Crippen molar-refractivity contribution < 1.29 is 9.53 Å². The van der Waals surface area contributed by atoms with E-state index in [9.17, 15) is 4.79 Å². The van der Waals surface area contributed by atoms with Gasteiger partial charge in [0.25, 0.3) is 0 Å². The molecule has 1 aliphatic rings. The molecule has 0 aromatic heterocycles. The van der Waals surface area contributed by atoms with Gasteiger partial charge in [-0.2, -0.15) is 0 Å². The molecule has 1 heterocycles. The zero-order valence-corrected chi connectivity index (χ0v) is 5.76. The molecule has 0 aliphatic carbocycles. The molecular formula is C7H11O2. The monoisotopic (exact) mass is 127 g/mol. The number of rotatable bonds is 1. The number of hydrogen-bond acceptors (Lipinski definition) is 2. The van der Waals surface area contributed by atoms with Gasteiger partial charge in [-0.1, -0.05) is 13.8 Å². The topological polar surface area (TPSA) is 26.3 Å². The number of ether oxygens (including phenoxy) is 1. The Hall–Kier alpha value is -0.530. The molecule has 1 saturated heterocycles. The minimum atomic E-state index is -0.0573. The lowest BCUT2D eigenvalue weighted by atomic mass is 10.1. The van der Waals surface area contributed by atoms with Gasteiger partial charge in [0.2, 0.25) is 0 Å². The van der Waals surface area contributed by atoms with E-state index in [0.717, 1.165) is 6.42 Å². The number of carbonyl (C=O) groups is 1. The van der Waals surface area contributed by atoms with Crippen LogP contribution in [0.4, 0.5) is 0 Å². The third kappa shape index (κ3) is 1.23. The molecule has 0 N–H and O–H groups in total. The summed E-state index contributed by atoms with van der Waals surface area (Å²) in [4.78, 5) is 10.7. The van der Waals surface area contributed by atoms with Crippen molar-refractivity contribution in [3.63, 3.8) is 0 Å². The summed E-state index contributed by atoms with van der Waals surface area (Å²) in [7, 11) is 0. The van der Waals surface area contributed by atoms with Gasteiger partial charge >= 0.3 is 5.97 Å². The normalized spacial score (nSPS) is 34.7. The van der Waals surface area contributed by atoms with Gasteiger partial charge in [0.15, 0.2) is 0 Å². The van der Waals surface area contributed by atoms with Crippen LogP contribution in [-0.4, -0.2) is 12.1 Å². The Morgan fingerprint density at radius 2 is 2.44 bits per heavy atom. The lowest BCUT2D eigenvalue weighted by Crippen LogP contribution is -2.04. The van der Waals surface area contributed by atoms with Crippen molar-refractivity contribution >= 4 is 5.97 Å². The Labute approximate surface area is 55.2 Å². The molecule has 0 unspecified atom stereocenters. The summed E-state index contributed by atoms with van der Waals surface area (Å²) in [6, 6.07) is 0. The molecule has 0 spiro atoms. The highest BCUT2D eigenvalue weighted by molar-refractivity contribution is 5.74. The Morgan fingerprint density at radius 1 is 1.78 bits per heavy atom. The van der Waals surface area contributed by atoms with Crippen LogP contribution in [0.5, 0.6) is 0 Å². The molecule has 1 fully saturated rings. The van der Waals surface area contributed by atoms with Crippen molar-refractivity contribution in [1.82, 2.24) is 0 Å². The van der Waals surface area contributed by atoms with Crippen LogP contribution < -0.4 is 0 Å². The van der Waals surface area contributed by atoms with Crippen molar-refractivity contribution in [3.05, 3.63) is 6.42 Å². The lowest BCUT2D eigenvalue weighted by molar-refractivity contribution is -0.143. The molecule has 2 heteroatoms. The number of hydrogen-bond donors (Lipinski definition) is 0. The molecule has 51 valence electrons. The summed E-state index contributed by atoms with van der Waals surface area (Å²) in [5.74, 6) is 0.0456. The van der Waals surface area contributed by atoms with E-state index in [2.05, 4.69) is 0 Å². The first kappa shape index (κ1) is 6.59. The van der Waals surface area contributed by atoms with E-state index in [4.69, 9.17) is 4.74 Å². The first-order chi connectivity index (χ1) is 4.24. The van der Waals surface area contributed by atoms with Gasteiger partial charge in [0, 0.05) is 0 Å². The summed E-state index contributed by atoms with van der Waals surface area (Å²) < 4.78 is 4.93. The Morgan fingerprint density at radius 3 is 2.67 bits per heavy atom. The molecule has 1 radical (unpaired) electrons. The Balaban J connectivity index is 2.44. The van der Waals surface area contributed by atoms with Gasteiger partial charge in [-0.15, -0.1) is 0 Å². The molecule has 0 aromatic carbocycles. The van der Waals surface area contributed by atoms with E-state index in [1.165, 1.54) is 0 Å². The number of esters is 1. The fourth-order valence-electron chi connectivity index (χ4n) is 0.962. The van der Waals surface area contributed by atoms with Gasteiger partial charge in [-0.25, -0.2) is 0 Å². The highest BCUT2D eigenvalue weighted by atomic mass is 16.5. The van der Waals surface area contributed by atoms with Crippen molar-refractivity contribution in [2.75, 3.05) is 0 Å². The van der Waals surface area contributed by atoms with Crippen LogP contribution >= 0.6 is 0 Å². The first-order valence-electron chi connectivity index (χ1n) is 3.24. The quantitative estimate of drug-likeness (QED) is 0.494. The minimum Gasteiger partial charge on any atom is -0.462 e. The second-order valence-electron chi connectivity index (χ2n) is 2.45. The Bertz CT molecular complexity index is 120. The highest BCUT2D eigenvalue weighted by Gasteiger charge is 2.29. The van der Waals surface area contributed by atoms with Crippen LogP contribution in [0.15, 0.2) is 0 Å². The molecule has 1 rings (SSSR count). The molecule has 2 nitrogen and oxygen atoms in total. The minimum absolute atomic E-state index is 0.0573. The maximum atomic E-state index is 10.7. The van der Waals surface area contributed by atoms with Gasteiger partial charge in [-0.3, -0.25) is 4.79 Å². The van der Waals surface area contributed by atoms with E-state index in [1.807, 2.05) is 20.3 Å². The first-order valence-corrected chi connectivity index (χ1v) is 3.24. The van der Waals surface area contributed by atoms with Crippen molar-refractivity contribution in [2.24, 2.45) is 5.92 Å². The fourth-order valence-corrected chi connectivity index (χ4v) is 0.962. The number of cyclic esters (lactones) is 1. The molecular weight excluding hydrogens is 116 g/mol. The second-order valence-corrected chi connectivity index (χ2v) is 2.45. The fraction of sp³-hybridized carbons (Fsp3) is 0.714. The van der Waals surface area contributed by atoms with Crippen LogP contribution in [0.25, 0.3) is 0 Å². The molecule has 1 aliphatic heterocycles. The van der Waals surface area contributed by atoms with Crippen LogP contribution in [0.1, 0.15) is 20.3 Å². The molecule has 2 atom stereocenters. The molecule has 0 aromatic rings. The largest absolute Gasteiger partial charge is 0.462 e. The van der Waals surface area contributed by atoms with Gasteiger partial charge in [0.05, 0.1) is 5.92 Å². The van der Waals surface area contributed by atoms with Crippen molar-refractivity contribution in [3.8, 4) is 0 Å². The van der Waals surface area contributed by atoms with E-state index < -0.39 is 0 Å². The van der Waals surface area contributed by atoms with Crippen LogP contribution in [-0.2, 0) is 9.53 Å². The van der Waals surface area contributed by atoms with Crippen molar-refractivity contribution in [1.29, 1.82) is 0 Å². The van der Waals surface area contributed by atoms with E-state index in [-0.39, 0.29) is 18.0 Å². The average molecular weight is 127 g/mol. The summed E-state index contributed by atoms with van der Waals surface area (Å²) in [6.07, 6.45) is 2.85. The summed E-state index contributed by atoms with van der Waals surface area (Å²) in [6.45, 7) is 3.81. The zero-order valence-electron chi connectivity index (χ0n) is 5.76. The smallest absolute Gasteiger partial charge is 0.309 e. The van der Waals surface area contributed by atoms with Crippen LogP contribution in [0.3, 0.4) is 0 Å². The predicted molar refractivity (Wildman–Crippen MR) is 33.6 cm³/mol. The highest BCUT2D eigenvalue weighted by Crippen LogP contribution is 2.21. The van der Waals surface area contributed by atoms with Gasteiger partial charge in [-0.05, 0) is 12.8 Å². The summed E-state index contributed by atoms with van der Waals surface area (Å²) in [5, 5.41) is 0. The molecule has 9 heavy (non-hydrogen) atoms. The Kier molecular flexibility index (Phi) is 1.74. The van der Waals surface area contributed by atoms with E-state index in [0.29, 0.717) is 0 Å². The second kappa shape index (κ2) is 2.38. The van der Waals surface area contributed by atoms with Gasteiger partial charge in [0.1, 0.15) is 6.10 Å². The predicted octanol–water partition coefficient (Wildman–Crippen LogP) is 1.16. The maximum Gasteiger partial charge on any atom is 0.309 e. The summed E-state index contributed by atoms with van der Waals surface area (Å²) in [5.41, 5.74) is 0. The third-order valence-electron chi connectivity index (χ3n) is 1.63. The summed E-state index contributed by atoms with van der Waals surface area (Å²) >= 11 is 0. The van der Waals surface area contributed by atoms with Gasteiger partial charge < -0.3 is 4.74 Å². The number of carbonyl (C=O) groups excluding carboxylic acids is 1. The van der Waals surface area contributed by atoms with Crippen LogP contribution in [0, 0.1) is 12.3 Å². The molecule has 0 saturated carbocycles. The van der Waals surface area contributed by atoms with E-state index >= 15 is 0 Å². The zero-order chi connectivity index (χ0) is 6.85. The third-order valence-corrected chi connectivity index (χ3v) is 1.63. The van der Waals surface area contributed by atoms with E-state index in [1.54, 1.807) is 0 Å². The standard InChI is InChI=1S/C7H11O2/c1-3-6-4-5(2)7(8)9-6/h3,5-6H,4H2,1-2H3/t5-,6-/m1/s1. The SMILES string of the molecule is C[CH][C@@H]1C[C@@H](C)C(=O)O1. The van der Waals surface area contributed by atoms with Crippen molar-refractivity contribution in [2.45, 2.75) is 26.4 Å². The average Bonchev–Trinajstić information content (AvgIpc) is 2.13. The molecule has 0 bridgehead atoms. The maximum absolute atomic E-state index is 10.7.